The Kier molecular flexibility index (Phi) is 5.64. The molecule has 1 N–H and O–H groups in total. The maximum atomic E-state index is 13.4. The highest BCUT2D eigenvalue weighted by atomic mass is 32.2. The average molecular weight is 412 g/mol. The van der Waals surface area contributed by atoms with E-state index in [1.165, 1.54) is 0 Å². The Morgan fingerprint density at radius 2 is 1.70 bits per heavy atom. The van der Waals surface area contributed by atoms with Gasteiger partial charge in [-0.1, -0.05) is 39.0 Å². The van der Waals surface area contributed by atoms with Gasteiger partial charge in [-0.05, 0) is 43.1 Å². The summed E-state index contributed by atoms with van der Waals surface area (Å²) < 4.78 is 33.5. The molecule has 27 heavy (non-hydrogen) atoms. The lowest BCUT2D eigenvalue weighted by atomic mass is 9.97. The van der Waals surface area contributed by atoms with Gasteiger partial charge in [0, 0.05) is 13.1 Å². The van der Waals surface area contributed by atoms with Crippen molar-refractivity contribution in [2.24, 2.45) is 0 Å². The summed E-state index contributed by atoms with van der Waals surface area (Å²) in [5, 5.41) is 9.95. The van der Waals surface area contributed by atoms with Crippen LogP contribution in [-0.4, -0.2) is 63.3 Å². The predicted octanol–water partition coefficient (Wildman–Crippen LogP) is 3.06. The molecule has 0 aromatic heterocycles. The van der Waals surface area contributed by atoms with Crippen LogP contribution in [0.25, 0.3) is 0 Å². The van der Waals surface area contributed by atoms with E-state index in [1.807, 2.05) is 6.07 Å². The van der Waals surface area contributed by atoms with Crippen molar-refractivity contribution in [2.45, 2.75) is 80.1 Å². The minimum absolute atomic E-state index is 0.0570. The molecule has 2 aliphatic heterocycles. The zero-order valence-electron chi connectivity index (χ0n) is 17.1. The highest BCUT2D eigenvalue weighted by Gasteiger charge is 2.53. The molecule has 4 atom stereocenters. The van der Waals surface area contributed by atoms with Crippen LogP contribution in [0.15, 0.2) is 35.2 Å². The second kappa shape index (κ2) is 7.26. The largest absolute Gasteiger partial charge is 0.412 e. The van der Waals surface area contributed by atoms with Crippen molar-refractivity contribution >= 4 is 18.2 Å². The molecule has 2 fully saturated rings. The molecule has 3 rings (SSSR count). The van der Waals surface area contributed by atoms with Gasteiger partial charge < -0.3 is 9.53 Å². The molecule has 0 spiro atoms. The molecule has 2 saturated heterocycles. The van der Waals surface area contributed by atoms with Crippen LogP contribution < -0.4 is 0 Å². The van der Waals surface area contributed by atoms with Crippen LogP contribution >= 0.6 is 0 Å². The SMILES string of the molecule is CC(C)(C)[Si](C)(C)O[C@H]1CCN2CC[C@@H](O)[C@H](S(=O)(=O)c3ccccc3)[C@@H]12. The lowest BCUT2D eigenvalue weighted by Gasteiger charge is -2.45. The highest BCUT2D eigenvalue weighted by Crippen LogP contribution is 2.42. The van der Waals surface area contributed by atoms with Gasteiger partial charge in [-0.25, -0.2) is 8.42 Å². The number of aliphatic hydroxyl groups is 1. The molecule has 0 aliphatic carbocycles. The summed E-state index contributed by atoms with van der Waals surface area (Å²) in [5.41, 5.74) is 0. The van der Waals surface area contributed by atoms with Crippen LogP contribution in [0.5, 0.6) is 0 Å². The second-order valence-electron chi connectivity index (χ2n) is 9.41. The maximum Gasteiger partial charge on any atom is 0.192 e. The average Bonchev–Trinajstić information content (AvgIpc) is 2.96. The molecule has 5 nitrogen and oxygen atoms in total. The van der Waals surface area contributed by atoms with Crippen molar-refractivity contribution in [3.63, 3.8) is 0 Å². The number of aliphatic hydroxyl groups excluding tert-OH is 1. The quantitative estimate of drug-likeness (QED) is 0.772. The number of sulfone groups is 1. The number of benzene rings is 1. The topological polar surface area (TPSA) is 66.8 Å². The van der Waals surface area contributed by atoms with Gasteiger partial charge >= 0.3 is 0 Å². The normalized spacial score (nSPS) is 30.3. The van der Waals surface area contributed by atoms with E-state index in [1.54, 1.807) is 24.3 Å². The third kappa shape index (κ3) is 3.89. The van der Waals surface area contributed by atoms with E-state index in [-0.39, 0.29) is 22.1 Å². The predicted molar refractivity (Wildman–Crippen MR) is 110 cm³/mol. The molecule has 1 aromatic rings. The first-order valence-electron chi connectivity index (χ1n) is 9.84. The first-order chi connectivity index (χ1) is 12.4. The van der Waals surface area contributed by atoms with Gasteiger partial charge in [0.2, 0.25) is 0 Å². The molecule has 7 heteroatoms. The van der Waals surface area contributed by atoms with Gasteiger partial charge in [0.25, 0.3) is 0 Å². The summed E-state index contributed by atoms with van der Waals surface area (Å²) in [6.45, 7) is 12.5. The summed E-state index contributed by atoms with van der Waals surface area (Å²) in [6, 6.07) is 8.24. The van der Waals surface area contributed by atoms with Gasteiger partial charge in [-0.15, -0.1) is 0 Å². The van der Waals surface area contributed by atoms with Crippen molar-refractivity contribution < 1.29 is 18.0 Å². The number of rotatable bonds is 4. The highest BCUT2D eigenvalue weighted by molar-refractivity contribution is 7.92. The Morgan fingerprint density at radius 3 is 2.30 bits per heavy atom. The second-order valence-corrected chi connectivity index (χ2v) is 16.3. The molecular formula is C20H33NO4SSi. The molecule has 0 radical (unpaired) electrons. The molecule has 1 aromatic carbocycles. The summed E-state index contributed by atoms with van der Waals surface area (Å²) in [6.07, 6.45) is 0.300. The van der Waals surface area contributed by atoms with Gasteiger partial charge in [0.1, 0.15) is 5.25 Å². The molecular weight excluding hydrogens is 378 g/mol. The minimum atomic E-state index is -3.65. The Labute approximate surface area is 164 Å². The van der Waals surface area contributed by atoms with E-state index in [0.29, 0.717) is 6.42 Å². The minimum Gasteiger partial charge on any atom is -0.412 e. The fraction of sp³-hybridized carbons (Fsp3) is 0.700. The monoisotopic (exact) mass is 411 g/mol. The van der Waals surface area contributed by atoms with Gasteiger partial charge in [0.15, 0.2) is 18.2 Å². The van der Waals surface area contributed by atoms with E-state index in [9.17, 15) is 13.5 Å². The molecule has 0 amide bonds. The third-order valence-electron chi connectivity index (χ3n) is 6.61. The number of piperidine rings is 1. The molecule has 0 bridgehead atoms. The van der Waals surface area contributed by atoms with Crippen LogP contribution in [-0.2, 0) is 14.3 Å². The number of nitrogens with zero attached hydrogens (tertiary/aromatic N) is 1. The van der Waals surface area contributed by atoms with E-state index in [4.69, 9.17) is 4.43 Å². The Morgan fingerprint density at radius 1 is 1.11 bits per heavy atom. The molecule has 0 saturated carbocycles. The first-order valence-corrected chi connectivity index (χ1v) is 14.3. The summed E-state index contributed by atoms with van der Waals surface area (Å²) in [5.74, 6) is 0. The zero-order chi connectivity index (χ0) is 20.0. The summed E-state index contributed by atoms with van der Waals surface area (Å²) in [7, 11) is -5.69. The maximum absolute atomic E-state index is 13.4. The lowest BCUT2D eigenvalue weighted by Crippen LogP contribution is -2.60. The molecule has 152 valence electrons. The lowest BCUT2D eigenvalue weighted by molar-refractivity contribution is 0.0304. The number of hydrogen-bond donors (Lipinski definition) is 1. The van der Waals surface area contributed by atoms with E-state index in [2.05, 4.69) is 38.8 Å². The van der Waals surface area contributed by atoms with Gasteiger partial charge in [-0.2, -0.15) is 0 Å². The van der Waals surface area contributed by atoms with Crippen molar-refractivity contribution in [3.8, 4) is 0 Å². The van der Waals surface area contributed by atoms with Crippen LogP contribution in [0.3, 0.4) is 0 Å². The summed E-state index contributed by atoms with van der Waals surface area (Å²) in [4.78, 5) is 2.50. The van der Waals surface area contributed by atoms with Crippen molar-refractivity contribution in [1.29, 1.82) is 0 Å². The Bertz CT molecular complexity index is 760. The Hall–Kier alpha value is -0.733. The molecule has 0 unspecified atom stereocenters. The van der Waals surface area contributed by atoms with E-state index >= 15 is 0 Å². The van der Waals surface area contributed by atoms with E-state index < -0.39 is 29.5 Å². The van der Waals surface area contributed by atoms with Crippen molar-refractivity contribution in [1.82, 2.24) is 4.90 Å². The molecule has 2 heterocycles. The number of fused-ring (bicyclic) bond motifs is 1. The van der Waals surface area contributed by atoms with Crippen LogP contribution in [0.2, 0.25) is 18.1 Å². The molecule has 2 aliphatic rings. The van der Waals surface area contributed by atoms with Gasteiger partial charge in [-0.3, -0.25) is 4.90 Å². The third-order valence-corrected chi connectivity index (χ3v) is 13.4. The fourth-order valence-corrected chi connectivity index (χ4v) is 7.54. The van der Waals surface area contributed by atoms with Crippen LogP contribution in [0.1, 0.15) is 33.6 Å². The fourth-order valence-electron chi connectivity index (χ4n) is 4.06. The van der Waals surface area contributed by atoms with Crippen LogP contribution in [0, 0.1) is 0 Å². The van der Waals surface area contributed by atoms with Gasteiger partial charge in [0.05, 0.1) is 23.1 Å². The Balaban J connectivity index is 1.96. The van der Waals surface area contributed by atoms with Crippen LogP contribution in [0.4, 0.5) is 0 Å². The first kappa shape index (κ1) is 21.0. The van der Waals surface area contributed by atoms with E-state index in [0.717, 1.165) is 19.5 Å². The van der Waals surface area contributed by atoms with Crippen molar-refractivity contribution in [3.05, 3.63) is 30.3 Å². The standard InChI is InChI=1S/C20H33NO4SSi/c1-20(2,3)27(4,5)25-17-12-14-21-13-11-16(22)19(18(17)21)26(23,24)15-9-7-6-8-10-15/h6-10,16-19,22H,11-14H2,1-5H3/t16-,17+,18-,19+/m1/s1. The number of hydrogen-bond acceptors (Lipinski definition) is 5. The van der Waals surface area contributed by atoms with Crippen molar-refractivity contribution in [2.75, 3.05) is 13.1 Å². The zero-order valence-corrected chi connectivity index (χ0v) is 18.9. The smallest absolute Gasteiger partial charge is 0.192 e. The summed E-state index contributed by atoms with van der Waals surface area (Å²) >= 11 is 0.